The van der Waals surface area contributed by atoms with Crippen LogP contribution in [0.1, 0.15) is 77.5 Å². The third-order valence-corrected chi connectivity index (χ3v) is 8.06. The number of amides is 1. The van der Waals surface area contributed by atoms with Gasteiger partial charge in [0.05, 0.1) is 31.5 Å². The summed E-state index contributed by atoms with van der Waals surface area (Å²) in [6.45, 7) is 9.86. The zero-order valence-corrected chi connectivity index (χ0v) is 24.9. The van der Waals surface area contributed by atoms with Gasteiger partial charge in [0.25, 0.3) is 5.91 Å². The number of hydrogen-bond donors (Lipinski definition) is 1. The molecule has 1 aliphatic rings. The van der Waals surface area contributed by atoms with E-state index in [1.54, 1.807) is 20.3 Å². The van der Waals surface area contributed by atoms with Crippen LogP contribution in [0.4, 0.5) is 5.69 Å². The van der Waals surface area contributed by atoms with E-state index in [4.69, 9.17) is 9.47 Å². The minimum Gasteiger partial charge on any atom is -0.493 e. The first kappa shape index (κ1) is 30.1. The van der Waals surface area contributed by atoms with Crippen molar-refractivity contribution >= 4 is 17.9 Å². The van der Waals surface area contributed by atoms with Crippen LogP contribution < -0.4 is 19.7 Å². The predicted octanol–water partition coefficient (Wildman–Crippen LogP) is 6.31. The molecule has 1 amide bonds. The second-order valence-corrected chi connectivity index (χ2v) is 11.1. The first-order chi connectivity index (χ1) is 19.9. The topological polar surface area (TPSA) is 71.1 Å². The molecule has 0 saturated carbocycles. The Morgan fingerprint density at radius 2 is 1.56 bits per heavy atom. The molecule has 0 radical (unpaired) electrons. The number of nitrogens with one attached hydrogen (secondary N) is 1. The van der Waals surface area contributed by atoms with E-state index in [2.05, 4.69) is 60.2 Å². The monoisotopic (exact) mass is 557 g/mol. The van der Waals surface area contributed by atoms with Crippen LogP contribution in [0.25, 0.3) is 0 Å². The van der Waals surface area contributed by atoms with Gasteiger partial charge in [0.15, 0.2) is 17.8 Å². The van der Waals surface area contributed by atoms with E-state index in [0.29, 0.717) is 34.6 Å². The van der Waals surface area contributed by atoms with Crippen molar-refractivity contribution in [1.29, 1.82) is 0 Å². The Morgan fingerprint density at radius 3 is 2.20 bits per heavy atom. The van der Waals surface area contributed by atoms with Crippen LogP contribution in [0.15, 0.2) is 66.7 Å². The summed E-state index contributed by atoms with van der Waals surface area (Å²) in [7, 11) is 3.21. The van der Waals surface area contributed by atoms with E-state index in [1.807, 2.05) is 36.4 Å². The van der Waals surface area contributed by atoms with Gasteiger partial charge >= 0.3 is 0 Å². The number of carbonyl (C=O) groups excluding carboxylic acids is 2. The lowest BCUT2D eigenvalue weighted by Crippen LogP contribution is -2.47. The summed E-state index contributed by atoms with van der Waals surface area (Å²) in [5.74, 6) is 1.48. The Labute approximate surface area is 244 Å². The summed E-state index contributed by atoms with van der Waals surface area (Å²) in [4.78, 5) is 30.8. The second-order valence-electron chi connectivity index (χ2n) is 11.1. The molecule has 1 aliphatic heterocycles. The van der Waals surface area contributed by atoms with Gasteiger partial charge in [-0.05, 0) is 55.0 Å². The first-order valence-corrected chi connectivity index (χ1v) is 14.5. The highest BCUT2D eigenvalue weighted by molar-refractivity contribution is 6.06. The number of hydrogen-bond acceptors (Lipinski definition) is 6. The van der Waals surface area contributed by atoms with E-state index >= 15 is 0 Å². The summed E-state index contributed by atoms with van der Waals surface area (Å²) in [5, 5.41) is 3.27. The summed E-state index contributed by atoms with van der Waals surface area (Å²) in [6.07, 6.45) is 2.47. The zero-order chi connectivity index (χ0) is 29.4. The normalized spacial score (nSPS) is 15.3. The van der Waals surface area contributed by atoms with Gasteiger partial charge in [0, 0.05) is 37.8 Å². The average molecular weight is 558 g/mol. The number of rotatable bonds is 12. The minimum atomic E-state index is -0.249. The minimum absolute atomic E-state index is 0.244. The highest BCUT2D eigenvalue weighted by Crippen LogP contribution is 2.33. The van der Waals surface area contributed by atoms with Gasteiger partial charge in [-0.25, -0.2) is 0 Å². The molecule has 0 aromatic heterocycles. The maximum atomic E-state index is 14.0. The van der Waals surface area contributed by atoms with Crippen LogP contribution in [0.2, 0.25) is 0 Å². The Kier molecular flexibility index (Phi) is 10.4. The largest absolute Gasteiger partial charge is 0.493 e. The Bertz CT molecular complexity index is 1300. The van der Waals surface area contributed by atoms with Crippen LogP contribution >= 0.6 is 0 Å². The van der Waals surface area contributed by atoms with Crippen LogP contribution in [-0.4, -0.2) is 57.5 Å². The predicted molar refractivity (Wildman–Crippen MR) is 164 cm³/mol. The fourth-order valence-electron chi connectivity index (χ4n) is 5.58. The van der Waals surface area contributed by atoms with Crippen LogP contribution in [0.3, 0.4) is 0 Å². The lowest BCUT2D eigenvalue weighted by molar-refractivity contribution is 0.0928. The fraction of sp³-hybridized carbons (Fsp3) is 0.412. The SMILES string of the molecule is COc1ccc(C(CCC(C)C)NC(=O)c2c(C=O)cccc2N2CCN([C@H](C)c3ccccc3)CC2)cc1OC. The Balaban J connectivity index is 1.57. The molecule has 7 nitrogen and oxygen atoms in total. The van der Waals surface area contributed by atoms with Crippen molar-refractivity contribution in [2.75, 3.05) is 45.3 Å². The molecule has 41 heavy (non-hydrogen) atoms. The smallest absolute Gasteiger partial charge is 0.254 e. The number of anilines is 1. The maximum Gasteiger partial charge on any atom is 0.254 e. The summed E-state index contributed by atoms with van der Waals surface area (Å²) in [6, 6.07) is 21.9. The van der Waals surface area contributed by atoms with Crippen LogP contribution in [0.5, 0.6) is 11.5 Å². The van der Waals surface area contributed by atoms with E-state index < -0.39 is 0 Å². The molecule has 1 heterocycles. The van der Waals surface area contributed by atoms with Crippen molar-refractivity contribution in [1.82, 2.24) is 10.2 Å². The third-order valence-electron chi connectivity index (χ3n) is 8.06. The van der Waals surface area contributed by atoms with Crippen molar-refractivity contribution in [3.05, 3.63) is 89.0 Å². The van der Waals surface area contributed by atoms with E-state index in [0.717, 1.165) is 56.6 Å². The fourth-order valence-corrected chi connectivity index (χ4v) is 5.58. The summed E-state index contributed by atoms with van der Waals surface area (Å²) in [5.41, 5.74) is 3.86. The van der Waals surface area contributed by atoms with Crippen molar-refractivity contribution in [2.24, 2.45) is 5.92 Å². The molecular weight excluding hydrogens is 514 g/mol. The number of methoxy groups -OCH3 is 2. The molecule has 1 fully saturated rings. The number of nitrogens with zero attached hydrogens (tertiary/aromatic N) is 2. The lowest BCUT2D eigenvalue weighted by Gasteiger charge is -2.40. The lowest BCUT2D eigenvalue weighted by atomic mass is 9.96. The molecule has 0 aliphatic carbocycles. The van der Waals surface area contributed by atoms with Gasteiger partial charge < -0.3 is 19.7 Å². The van der Waals surface area contributed by atoms with Gasteiger partial charge in [-0.2, -0.15) is 0 Å². The van der Waals surface area contributed by atoms with E-state index in [-0.39, 0.29) is 11.9 Å². The molecule has 1 saturated heterocycles. The van der Waals surface area contributed by atoms with Crippen LogP contribution in [0, 0.1) is 5.92 Å². The molecular formula is C34H43N3O4. The second kappa shape index (κ2) is 14.2. The Hall–Kier alpha value is -3.84. The number of piperazine rings is 1. The molecule has 1 N–H and O–H groups in total. The Morgan fingerprint density at radius 1 is 0.854 bits per heavy atom. The van der Waals surface area contributed by atoms with Crippen molar-refractivity contribution in [3.63, 3.8) is 0 Å². The number of ether oxygens (including phenoxy) is 2. The molecule has 1 unspecified atom stereocenters. The molecule has 3 aromatic rings. The molecule has 4 rings (SSSR count). The molecule has 7 heteroatoms. The molecule has 2 atom stereocenters. The zero-order valence-electron chi connectivity index (χ0n) is 24.9. The summed E-state index contributed by atoms with van der Waals surface area (Å²) >= 11 is 0. The van der Waals surface area contributed by atoms with Crippen molar-refractivity contribution in [3.8, 4) is 11.5 Å². The van der Waals surface area contributed by atoms with Gasteiger partial charge in [0.2, 0.25) is 0 Å². The average Bonchev–Trinajstić information content (AvgIpc) is 3.02. The molecule has 218 valence electrons. The van der Waals surface area contributed by atoms with Gasteiger partial charge in [-0.15, -0.1) is 0 Å². The number of aldehydes is 1. The van der Waals surface area contributed by atoms with Gasteiger partial charge in [0.1, 0.15) is 0 Å². The standard InChI is InChI=1S/C34H43N3O4/c1-24(2)14-16-29(27-15-17-31(40-4)32(22-27)41-5)35-34(39)33-28(23-38)12-9-13-30(33)37-20-18-36(19-21-37)25(3)26-10-7-6-8-11-26/h6-13,15,17,22-25,29H,14,16,18-21H2,1-5H3,(H,35,39)/t25-,29?/m1/s1. The maximum absolute atomic E-state index is 14.0. The molecule has 3 aromatic carbocycles. The highest BCUT2D eigenvalue weighted by Gasteiger charge is 2.27. The van der Waals surface area contributed by atoms with Crippen molar-refractivity contribution < 1.29 is 19.1 Å². The summed E-state index contributed by atoms with van der Waals surface area (Å²) < 4.78 is 11.0. The third kappa shape index (κ3) is 7.27. The molecule has 0 bridgehead atoms. The highest BCUT2D eigenvalue weighted by atomic mass is 16.5. The van der Waals surface area contributed by atoms with Crippen molar-refractivity contribution in [2.45, 2.75) is 45.7 Å². The molecule has 0 spiro atoms. The quantitative estimate of drug-likeness (QED) is 0.263. The van der Waals surface area contributed by atoms with Gasteiger partial charge in [-0.3, -0.25) is 14.5 Å². The number of benzene rings is 3. The van der Waals surface area contributed by atoms with E-state index in [9.17, 15) is 9.59 Å². The number of carbonyl (C=O) groups is 2. The van der Waals surface area contributed by atoms with Crippen LogP contribution in [-0.2, 0) is 0 Å². The first-order valence-electron chi connectivity index (χ1n) is 14.5. The van der Waals surface area contributed by atoms with Gasteiger partial charge in [-0.1, -0.05) is 62.4 Å². The van der Waals surface area contributed by atoms with E-state index in [1.165, 1.54) is 5.56 Å².